The Morgan fingerprint density at radius 2 is 1.17 bits per heavy atom. The van der Waals surface area contributed by atoms with E-state index in [1.54, 1.807) is 0 Å². The van der Waals surface area contributed by atoms with Gasteiger partial charge in [0.25, 0.3) is 20.2 Å². The van der Waals surface area contributed by atoms with Crippen LogP contribution < -0.4 is 0 Å². The smallest absolute Gasteiger partial charge is 0.294 e. The summed E-state index contributed by atoms with van der Waals surface area (Å²) < 4.78 is 63.1. The van der Waals surface area contributed by atoms with E-state index in [4.69, 9.17) is 9.11 Å². The number of thioether (sulfide) groups is 1. The second-order valence-electron chi connectivity index (χ2n) is 6.17. The Morgan fingerprint density at radius 3 is 1.55 bits per heavy atom. The number of aromatic amines is 2. The van der Waals surface area contributed by atoms with Gasteiger partial charge in [-0.1, -0.05) is 0 Å². The first-order valence-electron chi connectivity index (χ1n) is 8.10. The lowest BCUT2D eigenvalue weighted by Gasteiger charge is -1.95. The lowest BCUT2D eigenvalue weighted by Crippen LogP contribution is -1.97. The van der Waals surface area contributed by atoms with E-state index in [0.29, 0.717) is 45.2 Å². The van der Waals surface area contributed by atoms with Crippen molar-refractivity contribution < 1.29 is 25.9 Å². The van der Waals surface area contributed by atoms with Gasteiger partial charge in [-0.2, -0.15) is 16.8 Å². The summed E-state index contributed by atoms with van der Waals surface area (Å²) in [6, 6.07) is 8.24. The molecule has 152 valence electrons. The summed E-state index contributed by atoms with van der Waals surface area (Å²) in [5.74, 6) is 2.23. The highest BCUT2D eigenvalue weighted by Crippen LogP contribution is 2.22. The van der Waals surface area contributed by atoms with E-state index >= 15 is 0 Å². The first kappa shape index (κ1) is 19.8. The molecule has 0 radical (unpaired) electrons. The highest BCUT2D eigenvalue weighted by Gasteiger charge is 2.13. The van der Waals surface area contributed by atoms with Crippen molar-refractivity contribution in [1.82, 2.24) is 19.9 Å². The highest BCUT2D eigenvalue weighted by molar-refractivity contribution is 7.97. The molecule has 0 atom stereocenters. The summed E-state index contributed by atoms with van der Waals surface area (Å²) in [5.41, 5.74) is 2.15. The molecule has 4 N–H and O–H groups in total. The van der Waals surface area contributed by atoms with Crippen molar-refractivity contribution in [3.05, 3.63) is 48.0 Å². The first-order chi connectivity index (χ1) is 13.6. The van der Waals surface area contributed by atoms with Gasteiger partial charge >= 0.3 is 0 Å². The molecule has 4 aromatic rings. The van der Waals surface area contributed by atoms with Gasteiger partial charge in [-0.25, -0.2) is 9.97 Å². The van der Waals surface area contributed by atoms with Gasteiger partial charge in [0, 0.05) is 0 Å². The van der Waals surface area contributed by atoms with Crippen molar-refractivity contribution in [3.8, 4) is 0 Å². The van der Waals surface area contributed by atoms with Crippen LogP contribution in [-0.4, -0.2) is 45.9 Å². The van der Waals surface area contributed by atoms with E-state index in [2.05, 4.69) is 19.9 Å². The van der Waals surface area contributed by atoms with Crippen molar-refractivity contribution in [2.75, 3.05) is 0 Å². The molecule has 0 saturated carbocycles. The third-order valence-corrected chi connectivity index (χ3v) is 6.73. The van der Waals surface area contributed by atoms with Crippen LogP contribution in [0.4, 0.5) is 0 Å². The van der Waals surface area contributed by atoms with Crippen molar-refractivity contribution in [3.63, 3.8) is 0 Å². The number of benzene rings is 2. The van der Waals surface area contributed by atoms with Crippen LogP contribution in [-0.2, 0) is 31.7 Å². The summed E-state index contributed by atoms with van der Waals surface area (Å²) in [4.78, 5) is 14.4. The lowest BCUT2D eigenvalue weighted by atomic mass is 10.3. The van der Waals surface area contributed by atoms with Gasteiger partial charge in [-0.15, -0.1) is 11.8 Å². The Hall–Kier alpha value is -2.45. The largest absolute Gasteiger partial charge is 0.341 e. The SMILES string of the molecule is O=S(=O)(O)c1ccc2[nH]c(CSCc3nc4cc(S(=O)(=O)O)ccc4[nH]3)nc2c1. The quantitative estimate of drug-likeness (QED) is 0.320. The van der Waals surface area contributed by atoms with Gasteiger partial charge in [0.2, 0.25) is 0 Å². The average Bonchev–Trinajstić information content (AvgIpc) is 3.21. The zero-order chi connectivity index (χ0) is 20.8. The maximum atomic E-state index is 11.2. The number of fused-ring (bicyclic) bond motifs is 2. The summed E-state index contributed by atoms with van der Waals surface area (Å²) in [5, 5.41) is 0. The molecular weight excluding hydrogens is 440 g/mol. The van der Waals surface area contributed by atoms with Gasteiger partial charge < -0.3 is 9.97 Å². The Morgan fingerprint density at radius 1 is 0.759 bits per heavy atom. The Balaban J connectivity index is 1.47. The average molecular weight is 455 g/mol. The molecule has 0 fully saturated rings. The molecule has 0 unspecified atom stereocenters. The van der Waals surface area contributed by atoms with Crippen molar-refractivity contribution in [2.45, 2.75) is 21.3 Å². The number of nitrogens with zero attached hydrogens (tertiary/aromatic N) is 2. The number of nitrogens with one attached hydrogen (secondary N) is 2. The van der Waals surface area contributed by atoms with E-state index < -0.39 is 20.2 Å². The predicted octanol–water partition coefficient (Wildman–Crippen LogP) is 2.37. The van der Waals surface area contributed by atoms with Crippen LogP contribution in [0.2, 0.25) is 0 Å². The number of hydrogen-bond donors (Lipinski definition) is 4. The van der Waals surface area contributed by atoms with Crippen LogP contribution >= 0.6 is 11.8 Å². The van der Waals surface area contributed by atoms with E-state index in [-0.39, 0.29) is 9.79 Å². The van der Waals surface area contributed by atoms with Crippen LogP contribution in [0.5, 0.6) is 0 Å². The number of rotatable bonds is 6. The fraction of sp³-hybridized carbons (Fsp3) is 0.125. The monoisotopic (exact) mass is 454 g/mol. The molecule has 29 heavy (non-hydrogen) atoms. The van der Waals surface area contributed by atoms with Crippen LogP contribution in [0.15, 0.2) is 46.2 Å². The minimum Gasteiger partial charge on any atom is -0.341 e. The molecule has 13 heteroatoms. The molecule has 4 rings (SSSR count). The van der Waals surface area contributed by atoms with E-state index in [1.807, 2.05) is 0 Å². The van der Waals surface area contributed by atoms with E-state index in [1.165, 1.54) is 48.2 Å². The van der Waals surface area contributed by atoms with Crippen LogP contribution in [0.25, 0.3) is 22.1 Å². The standard InChI is InChI=1S/C16H14N4O6S3/c21-28(22,23)9-1-3-11-13(5-9)19-15(17-11)7-27-8-16-18-12-4-2-10(29(24,25)26)6-14(12)20-16/h1-6H,7-8H2,(H,17,19)(H,18,20)(H,21,22,23)(H,24,25,26). The molecular formula is C16H14N4O6S3. The highest BCUT2D eigenvalue weighted by atomic mass is 32.2. The fourth-order valence-corrected chi connectivity index (χ4v) is 4.54. The van der Waals surface area contributed by atoms with E-state index in [9.17, 15) is 16.8 Å². The molecule has 10 nitrogen and oxygen atoms in total. The summed E-state index contributed by atoms with van der Waals surface area (Å²) >= 11 is 1.49. The molecule has 2 aromatic heterocycles. The van der Waals surface area contributed by atoms with Gasteiger partial charge in [0.15, 0.2) is 0 Å². The normalized spacial score (nSPS) is 12.8. The van der Waals surface area contributed by atoms with Crippen LogP contribution in [0.1, 0.15) is 11.6 Å². The maximum absolute atomic E-state index is 11.2. The number of H-pyrrole nitrogens is 2. The topological polar surface area (TPSA) is 166 Å². The maximum Gasteiger partial charge on any atom is 0.294 e. The van der Waals surface area contributed by atoms with E-state index in [0.717, 1.165) is 0 Å². The summed E-state index contributed by atoms with van der Waals surface area (Å²) in [7, 11) is -8.58. The molecule has 2 aromatic carbocycles. The third kappa shape index (κ3) is 4.28. The minimum absolute atomic E-state index is 0.220. The summed E-state index contributed by atoms with van der Waals surface area (Å²) in [6.07, 6.45) is 0. The van der Waals surface area contributed by atoms with Gasteiger partial charge in [0.05, 0.1) is 43.4 Å². The molecule has 0 bridgehead atoms. The van der Waals surface area contributed by atoms with Crippen molar-refractivity contribution in [2.24, 2.45) is 0 Å². The first-order valence-corrected chi connectivity index (χ1v) is 12.1. The van der Waals surface area contributed by atoms with Gasteiger partial charge in [-0.3, -0.25) is 9.11 Å². The zero-order valence-electron chi connectivity index (χ0n) is 14.5. The predicted molar refractivity (Wildman–Crippen MR) is 107 cm³/mol. The van der Waals surface area contributed by atoms with Crippen molar-refractivity contribution in [1.29, 1.82) is 0 Å². The summed E-state index contributed by atoms with van der Waals surface area (Å²) in [6.45, 7) is 0. The molecule has 0 spiro atoms. The lowest BCUT2D eigenvalue weighted by molar-refractivity contribution is 0.481. The minimum atomic E-state index is -4.29. The van der Waals surface area contributed by atoms with Gasteiger partial charge in [-0.05, 0) is 36.4 Å². The van der Waals surface area contributed by atoms with Crippen LogP contribution in [0, 0.1) is 0 Å². The second-order valence-corrected chi connectivity index (χ2v) is 10.00. The molecule has 0 aliphatic rings. The molecule has 2 heterocycles. The van der Waals surface area contributed by atoms with Crippen LogP contribution in [0.3, 0.4) is 0 Å². The Labute approximate surface area is 169 Å². The zero-order valence-corrected chi connectivity index (χ0v) is 17.0. The fourth-order valence-electron chi connectivity index (χ4n) is 2.78. The van der Waals surface area contributed by atoms with Crippen molar-refractivity contribution >= 4 is 54.1 Å². The second kappa shape index (κ2) is 7.11. The molecule has 0 aliphatic heterocycles. The molecule has 0 aliphatic carbocycles. The number of hydrogen-bond acceptors (Lipinski definition) is 7. The molecule has 0 saturated heterocycles. The molecule has 0 amide bonds. The van der Waals surface area contributed by atoms with Gasteiger partial charge in [0.1, 0.15) is 11.6 Å². The number of imidazole rings is 2. The number of aromatic nitrogens is 4. The Kier molecular flexibility index (Phi) is 4.86. The Bertz CT molecular complexity index is 1330. The third-order valence-electron chi connectivity index (χ3n) is 4.08.